The summed E-state index contributed by atoms with van der Waals surface area (Å²) in [5.41, 5.74) is 2.22. The van der Waals surface area contributed by atoms with Crippen LogP contribution in [0.5, 0.6) is 0 Å². The van der Waals surface area contributed by atoms with Crippen molar-refractivity contribution in [2.45, 2.75) is 110 Å². The van der Waals surface area contributed by atoms with Crippen LogP contribution in [0.1, 0.15) is 95.4 Å². The molecule has 2 rings (SSSR count). The van der Waals surface area contributed by atoms with E-state index in [-0.39, 0.29) is 17.9 Å². The highest BCUT2D eigenvalue weighted by atomic mass is 32.2. The number of aryl methyl sites for hydroxylation is 1. The number of benzene rings is 1. The summed E-state index contributed by atoms with van der Waals surface area (Å²) < 4.78 is 5.46. The van der Waals surface area contributed by atoms with E-state index in [2.05, 4.69) is 10.6 Å². The topological polar surface area (TPSA) is 87.7 Å². The first-order chi connectivity index (χ1) is 17.5. The summed E-state index contributed by atoms with van der Waals surface area (Å²) >= 11 is 1.61. The van der Waals surface area contributed by atoms with Crippen LogP contribution in [-0.2, 0) is 14.3 Å². The first kappa shape index (κ1) is 31.0. The Morgan fingerprint density at radius 3 is 2.41 bits per heavy atom. The number of carbonyl (C=O) groups is 3. The Morgan fingerprint density at radius 2 is 1.81 bits per heavy atom. The molecule has 0 aliphatic heterocycles. The van der Waals surface area contributed by atoms with Gasteiger partial charge in [0.15, 0.2) is 0 Å². The standard InChI is InChI=1S/C29H47N3O4S/c1-8-18-32(27(34)24(17-19-37-7)31-28(35)36-29(4,5)6)25(23-16-12-13-20(2)21(23)3)26(33)30-22-14-10-9-11-15-22/h12-13,16,22,24-25H,8-11,14-15,17-19H2,1-7H3,(H,30,33)(H,31,35). The monoisotopic (exact) mass is 533 g/mol. The number of hydrogen-bond donors (Lipinski definition) is 2. The number of thioether (sulfide) groups is 1. The van der Waals surface area contributed by atoms with E-state index in [4.69, 9.17) is 4.74 Å². The van der Waals surface area contributed by atoms with Gasteiger partial charge in [0.1, 0.15) is 17.7 Å². The largest absolute Gasteiger partial charge is 0.444 e. The molecule has 7 nitrogen and oxygen atoms in total. The highest BCUT2D eigenvalue weighted by Gasteiger charge is 2.37. The van der Waals surface area contributed by atoms with E-state index in [0.717, 1.165) is 42.4 Å². The van der Waals surface area contributed by atoms with Crippen LogP contribution in [0.4, 0.5) is 4.79 Å². The number of nitrogens with one attached hydrogen (secondary N) is 2. The van der Waals surface area contributed by atoms with Gasteiger partial charge in [-0.25, -0.2) is 4.79 Å². The summed E-state index contributed by atoms with van der Waals surface area (Å²) in [4.78, 5) is 42.4. The van der Waals surface area contributed by atoms with Crippen LogP contribution < -0.4 is 10.6 Å². The second-order valence-electron chi connectivity index (χ2n) is 11.0. The molecule has 8 heteroatoms. The smallest absolute Gasteiger partial charge is 0.408 e. The number of carbonyl (C=O) groups excluding carboxylic acids is 3. The predicted octanol–water partition coefficient (Wildman–Crippen LogP) is 5.68. The van der Waals surface area contributed by atoms with Crippen LogP contribution in [0.15, 0.2) is 18.2 Å². The molecular formula is C29H47N3O4S. The van der Waals surface area contributed by atoms with Crippen LogP contribution in [0, 0.1) is 13.8 Å². The summed E-state index contributed by atoms with van der Waals surface area (Å²) in [6.45, 7) is 11.8. The van der Waals surface area contributed by atoms with Crippen molar-refractivity contribution < 1.29 is 19.1 Å². The van der Waals surface area contributed by atoms with Crippen molar-refractivity contribution in [1.29, 1.82) is 0 Å². The van der Waals surface area contributed by atoms with E-state index in [9.17, 15) is 14.4 Å². The molecule has 2 atom stereocenters. The lowest BCUT2D eigenvalue weighted by atomic mass is 9.92. The van der Waals surface area contributed by atoms with Crippen molar-refractivity contribution in [3.8, 4) is 0 Å². The first-order valence-corrected chi connectivity index (χ1v) is 15.0. The van der Waals surface area contributed by atoms with Gasteiger partial charge in [-0.2, -0.15) is 11.8 Å². The molecule has 37 heavy (non-hydrogen) atoms. The lowest BCUT2D eigenvalue weighted by Crippen LogP contribution is -2.54. The molecule has 1 aromatic carbocycles. The van der Waals surface area contributed by atoms with E-state index in [0.29, 0.717) is 25.1 Å². The van der Waals surface area contributed by atoms with Crippen molar-refractivity contribution in [3.63, 3.8) is 0 Å². The third-order valence-corrected chi connectivity index (χ3v) is 7.44. The molecule has 0 bridgehead atoms. The maximum atomic E-state index is 14.1. The number of ether oxygens (including phenoxy) is 1. The van der Waals surface area contributed by atoms with Crippen LogP contribution in [0.2, 0.25) is 0 Å². The SMILES string of the molecule is CCCN(C(=O)C(CCSC)NC(=O)OC(C)(C)C)C(C(=O)NC1CCCCC1)c1cccc(C)c1C. The third-order valence-electron chi connectivity index (χ3n) is 6.80. The van der Waals surface area contributed by atoms with Gasteiger partial charge in [0.25, 0.3) is 0 Å². The minimum atomic E-state index is -0.788. The number of hydrogen-bond acceptors (Lipinski definition) is 5. The van der Waals surface area contributed by atoms with Crippen LogP contribution in [0.25, 0.3) is 0 Å². The maximum Gasteiger partial charge on any atom is 0.408 e. The van der Waals surface area contributed by atoms with Gasteiger partial charge in [-0.1, -0.05) is 44.4 Å². The van der Waals surface area contributed by atoms with E-state index >= 15 is 0 Å². The average molecular weight is 534 g/mol. The molecule has 1 fully saturated rings. The van der Waals surface area contributed by atoms with E-state index in [1.54, 1.807) is 37.4 Å². The fraction of sp³-hybridized carbons (Fsp3) is 0.690. The minimum Gasteiger partial charge on any atom is -0.444 e. The molecule has 1 aliphatic rings. The zero-order valence-electron chi connectivity index (χ0n) is 23.8. The van der Waals surface area contributed by atoms with Gasteiger partial charge >= 0.3 is 6.09 Å². The van der Waals surface area contributed by atoms with Crippen LogP contribution in [-0.4, -0.2) is 59.0 Å². The second-order valence-corrected chi connectivity index (χ2v) is 12.0. The molecule has 0 heterocycles. The molecule has 0 saturated heterocycles. The minimum absolute atomic E-state index is 0.125. The molecule has 0 radical (unpaired) electrons. The number of alkyl carbamates (subject to hydrolysis) is 1. The molecule has 1 aromatic rings. The number of rotatable bonds is 11. The summed E-state index contributed by atoms with van der Waals surface area (Å²) in [5, 5.41) is 6.07. The second kappa shape index (κ2) is 14.6. The first-order valence-electron chi connectivity index (χ1n) is 13.6. The Kier molecular flexibility index (Phi) is 12.3. The fourth-order valence-electron chi connectivity index (χ4n) is 4.80. The van der Waals surface area contributed by atoms with E-state index in [1.807, 2.05) is 45.2 Å². The average Bonchev–Trinajstić information content (AvgIpc) is 2.83. The Balaban J connectivity index is 2.45. The van der Waals surface area contributed by atoms with Crippen molar-refractivity contribution in [2.24, 2.45) is 0 Å². The summed E-state index contributed by atoms with van der Waals surface area (Å²) in [5.74, 6) is 0.281. The molecule has 3 amide bonds. The summed E-state index contributed by atoms with van der Waals surface area (Å²) in [6.07, 6.45) is 7.80. The molecular weight excluding hydrogens is 486 g/mol. The number of amides is 3. The van der Waals surface area contributed by atoms with Gasteiger partial charge < -0.3 is 20.3 Å². The number of nitrogens with zero attached hydrogens (tertiary/aromatic N) is 1. The Labute approximate surface area is 227 Å². The predicted molar refractivity (Wildman–Crippen MR) is 152 cm³/mol. The summed E-state index contributed by atoms with van der Waals surface area (Å²) in [7, 11) is 0. The summed E-state index contributed by atoms with van der Waals surface area (Å²) in [6, 6.07) is 4.47. The molecule has 208 valence electrons. The Morgan fingerprint density at radius 1 is 1.14 bits per heavy atom. The highest BCUT2D eigenvalue weighted by Crippen LogP contribution is 2.29. The van der Waals surface area contributed by atoms with Gasteiger partial charge in [-0.15, -0.1) is 0 Å². The van der Waals surface area contributed by atoms with E-state index < -0.39 is 23.8 Å². The molecule has 0 aromatic heterocycles. The lowest BCUT2D eigenvalue weighted by molar-refractivity contribution is -0.143. The molecule has 0 spiro atoms. The Hall–Kier alpha value is -2.22. The zero-order valence-corrected chi connectivity index (χ0v) is 24.6. The maximum absolute atomic E-state index is 14.1. The molecule has 1 aliphatic carbocycles. The molecule has 2 unspecified atom stereocenters. The highest BCUT2D eigenvalue weighted by molar-refractivity contribution is 7.98. The third kappa shape index (κ3) is 9.55. The van der Waals surface area contributed by atoms with Gasteiger partial charge in [0, 0.05) is 12.6 Å². The van der Waals surface area contributed by atoms with Crippen molar-refractivity contribution in [3.05, 3.63) is 34.9 Å². The van der Waals surface area contributed by atoms with Crippen molar-refractivity contribution >= 4 is 29.7 Å². The van der Waals surface area contributed by atoms with Crippen LogP contribution in [0.3, 0.4) is 0 Å². The van der Waals surface area contributed by atoms with E-state index in [1.165, 1.54) is 6.42 Å². The zero-order chi connectivity index (χ0) is 27.6. The van der Waals surface area contributed by atoms with Gasteiger partial charge in [0.05, 0.1) is 0 Å². The van der Waals surface area contributed by atoms with Crippen LogP contribution >= 0.6 is 11.8 Å². The van der Waals surface area contributed by atoms with Crippen molar-refractivity contribution in [1.82, 2.24) is 15.5 Å². The van der Waals surface area contributed by atoms with Gasteiger partial charge in [-0.05, 0) is 89.0 Å². The normalized spacial score (nSPS) is 16.0. The van der Waals surface area contributed by atoms with Crippen molar-refractivity contribution in [2.75, 3.05) is 18.6 Å². The Bertz CT molecular complexity index is 909. The van der Waals surface area contributed by atoms with Gasteiger partial charge in [-0.3, -0.25) is 9.59 Å². The fourth-order valence-corrected chi connectivity index (χ4v) is 5.27. The quantitative estimate of drug-likeness (QED) is 0.382. The molecule has 1 saturated carbocycles. The molecule has 2 N–H and O–H groups in total. The van der Waals surface area contributed by atoms with Gasteiger partial charge in [0.2, 0.25) is 11.8 Å². The lowest BCUT2D eigenvalue weighted by Gasteiger charge is -2.36.